The van der Waals surface area contributed by atoms with Crippen molar-refractivity contribution in [1.82, 2.24) is 5.01 Å². The lowest BCUT2D eigenvalue weighted by Crippen LogP contribution is -2.33. The smallest absolute Gasteiger partial charge is 0.213 e. The molecule has 0 radical (unpaired) electrons. The van der Waals surface area contributed by atoms with E-state index in [-0.39, 0.29) is 6.04 Å². The monoisotopic (exact) mass is 500 g/mol. The van der Waals surface area contributed by atoms with Gasteiger partial charge < -0.3 is 9.47 Å². The highest BCUT2D eigenvalue weighted by Crippen LogP contribution is 2.50. The lowest BCUT2D eigenvalue weighted by molar-refractivity contribution is -0.0189. The fraction of sp³-hybridized carbons (Fsp3) is 0.269. The number of benzene rings is 3. The van der Waals surface area contributed by atoms with Gasteiger partial charge in [0, 0.05) is 27.6 Å². The molecule has 0 aromatic heterocycles. The van der Waals surface area contributed by atoms with Gasteiger partial charge in [-0.25, -0.2) is 5.01 Å². The molecule has 2 aliphatic rings. The summed E-state index contributed by atoms with van der Waals surface area (Å²) in [5.74, 6) is 1.50. The molecule has 5 rings (SSSR count). The molecule has 0 spiro atoms. The van der Waals surface area contributed by atoms with Crippen LogP contribution in [0.2, 0.25) is 15.1 Å². The number of ether oxygens (including phenoxy) is 2. The number of unbranched alkanes of at least 4 members (excludes halogenated alkanes) is 1. The van der Waals surface area contributed by atoms with Crippen LogP contribution in [0.25, 0.3) is 0 Å². The van der Waals surface area contributed by atoms with E-state index in [1.54, 1.807) is 6.07 Å². The van der Waals surface area contributed by atoms with Gasteiger partial charge in [0.05, 0.1) is 23.4 Å². The molecule has 0 fully saturated rings. The third-order valence-corrected chi connectivity index (χ3v) is 6.67. The van der Waals surface area contributed by atoms with Gasteiger partial charge >= 0.3 is 0 Å². The number of hydrogen-bond acceptors (Lipinski definition) is 4. The Bertz CT molecular complexity index is 1180. The van der Waals surface area contributed by atoms with Crippen molar-refractivity contribution in [3.8, 4) is 11.5 Å². The molecule has 0 saturated carbocycles. The first-order chi connectivity index (χ1) is 16.0. The fourth-order valence-electron chi connectivity index (χ4n) is 4.21. The van der Waals surface area contributed by atoms with E-state index in [1.807, 2.05) is 59.6 Å². The van der Waals surface area contributed by atoms with Gasteiger partial charge in [-0.05, 0) is 60.5 Å². The zero-order valence-electron chi connectivity index (χ0n) is 18.1. The van der Waals surface area contributed by atoms with E-state index in [0.717, 1.165) is 41.0 Å². The van der Waals surface area contributed by atoms with E-state index in [9.17, 15) is 0 Å². The first-order valence-corrected chi connectivity index (χ1v) is 12.2. The fourth-order valence-corrected chi connectivity index (χ4v) is 4.89. The Morgan fingerprint density at radius 1 is 1.00 bits per heavy atom. The second-order valence-corrected chi connectivity index (χ2v) is 9.48. The van der Waals surface area contributed by atoms with Crippen LogP contribution in [0.3, 0.4) is 0 Å². The van der Waals surface area contributed by atoms with Crippen molar-refractivity contribution in [2.75, 3.05) is 6.61 Å². The Kier molecular flexibility index (Phi) is 6.42. The molecule has 2 atom stereocenters. The van der Waals surface area contributed by atoms with Crippen LogP contribution in [0.5, 0.6) is 11.5 Å². The highest BCUT2D eigenvalue weighted by atomic mass is 35.5. The number of halogens is 3. The molecule has 33 heavy (non-hydrogen) atoms. The van der Waals surface area contributed by atoms with E-state index >= 15 is 0 Å². The van der Waals surface area contributed by atoms with Crippen molar-refractivity contribution in [2.24, 2.45) is 5.10 Å². The summed E-state index contributed by atoms with van der Waals surface area (Å²) in [6, 6.07) is 19.3. The molecule has 0 saturated heterocycles. The van der Waals surface area contributed by atoms with Crippen molar-refractivity contribution in [1.29, 1.82) is 0 Å². The van der Waals surface area contributed by atoms with Crippen molar-refractivity contribution in [3.05, 3.63) is 92.4 Å². The third-order valence-electron chi connectivity index (χ3n) is 5.92. The Morgan fingerprint density at radius 3 is 2.48 bits per heavy atom. The molecule has 0 N–H and O–H groups in total. The van der Waals surface area contributed by atoms with Crippen LogP contribution in [0.4, 0.5) is 0 Å². The van der Waals surface area contributed by atoms with Crippen LogP contribution in [-0.2, 0) is 0 Å². The SMILES string of the molecule is CCCCOc1ccc([C@H]2Oc3c(Cl)cc(Cl)cc3[C@@H]3CC(c4ccc(Cl)cc4)=NN23)cc1. The van der Waals surface area contributed by atoms with Gasteiger partial charge in [-0.3, -0.25) is 0 Å². The normalized spacial score (nSPS) is 18.9. The molecule has 170 valence electrons. The summed E-state index contributed by atoms with van der Waals surface area (Å²) in [5, 5.41) is 8.75. The summed E-state index contributed by atoms with van der Waals surface area (Å²) < 4.78 is 12.2. The van der Waals surface area contributed by atoms with Crippen LogP contribution in [-0.4, -0.2) is 17.3 Å². The molecule has 2 heterocycles. The Morgan fingerprint density at radius 2 is 1.76 bits per heavy atom. The van der Waals surface area contributed by atoms with Crippen LogP contribution < -0.4 is 9.47 Å². The van der Waals surface area contributed by atoms with E-state index in [4.69, 9.17) is 49.4 Å². The summed E-state index contributed by atoms with van der Waals surface area (Å²) in [7, 11) is 0. The quantitative estimate of drug-likeness (QED) is 0.320. The molecule has 2 aliphatic heterocycles. The van der Waals surface area contributed by atoms with Crippen LogP contribution in [0.1, 0.15) is 55.1 Å². The maximum Gasteiger partial charge on any atom is 0.213 e. The second kappa shape index (κ2) is 9.46. The Hall–Kier alpha value is -2.40. The topological polar surface area (TPSA) is 34.1 Å². The first-order valence-electron chi connectivity index (χ1n) is 11.0. The number of nitrogens with zero attached hydrogens (tertiary/aromatic N) is 2. The summed E-state index contributed by atoms with van der Waals surface area (Å²) in [4.78, 5) is 0. The molecule has 4 nitrogen and oxygen atoms in total. The third kappa shape index (κ3) is 4.52. The maximum absolute atomic E-state index is 6.56. The van der Waals surface area contributed by atoms with Crippen molar-refractivity contribution < 1.29 is 9.47 Å². The molecule has 0 bridgehead atoms. The molecule has 7 heteroatoms. The first kappa shape index (κ1) is 22.4. The zero-order chi connectivity index (χ0) is 22.9. The average molecular weight is 502 g/mol. The van der Waals surface area contributed by atoms with Crippen LogP contribution in [0, 0.1) is 0 Å². The number of hydrazone groups is 1. The Balaban J connectivity index is 1.51. The standard InChI is InChI=1S/C26H23Cl3N2O2/c1-2-3-12-32-20-10-6-17(7-11-20)26-31-24(21-13-19(28)14-22(29)25(21)33-26)15-23(30-31)16-4-8-18(27)9-5-16/h4-11,13-14,24,26H,2-3,12,15H2,1H3/t24-,26+/m0/s1. The predicted molar refractivity (Wildman–Crippen MR) is 134 cm³/mol. The maximum atomic E-state index is 6.56. The number of rotatable bonds is 6. The lowest BCUT2D eigenvalue weighted by atomic mass is 9.96. The van der Waals surface area contributed by atoms with Gasteiger partial charge in [0.2, 0.25) is 6.23 Å². The zero-order valence-corrected chi connectivity index (χ0v) is 20.4. The van der Waals surface area contributed by atoms with Gasteiger partial charge in [-0.1, -0.05) is 60.3 Å². The summed E-state index contributed by atoms with van der Waals surface area (Å²) in [6.07, 6.45) is 2.42. The second-order valence-electron chi connectivity index (χ2n) is 8.20. The van der Waals surface area contributed by atoms with Gasteiger partial charge in [0.1, 0.15) is 11.5 Å². The highest BCUT2D eigenvalue weighted by molar-refractivity contribution is 6.35. The van der Waals surface area contributed by atoms with Crippen molar-refractivity contribution in [3.63, 3.8) is 0 Å². The largest absolute Gasteiger partial charge is 0.494 e. The van der Waals surface area contributed by atoms with E-state index in [2.05, 4.69) is 6.92 Å². The summed E-state index contributed by atoms with van der Waals surface area (Å²) in [5.41, 5.74) is 3.91. The highest BCUT2D eigenvalue weighted by Gasteiger charge is 2.42. The van der Waals surface area contributed by atoms with Crippen LogP contribution >= 0.6 is 34.8 Å². The average Bonchev–Trinajstić information content (AvgIpc) is 3.26. The van der Waals surface area contributed by atoms with Gasteiger partial charge in [-0.2, -0.15) is 5.10 Å². The molecule has 3 aromatic carbocycles. The molecular formula is C26H23Cl3N2O2. The van der Waals surface area contributed by atoms with Crippen molar-refractivity contribution in [2.45, 2.75) is 38.5 Å². The van der Waals surface area contributed by atoms with Gasteiger partial charge in [-0.15, -0.1) is 0 Å². The summed E-state index contributed by atoms with van der Waals surface area (Å²) >= 11 is 19.0. The van der Waals surface area contributed by atoms with E-state index < -0.39 is 6.23 Å². The molecule has 0 unspecified atom stereocenters. The minimum atomic E-state index is -0.421. The number of fused-ring (bicyclic) bond motifs is 3. The van der Waals surface area contributed by atoms with E-state index in [0.29, 0.717) is 33.8 Å². The van der Waals surface area contributed by atoms with Crippen LogP contribution in [0.15, 0.2) is 65.8 Å². The molecular weight excluding hydrogens is 479 g/mol. The molecule has 3 aromatic rings. The number of hydrogen-bond donors (Lipinski definition) is 0. The minimum Gasteiger partial charge on any atom is -0.494 e. The predicted octanol–water partition coefficient (Wildman–Crippen LogP) is 8.07. The summed E-state index contributed by atoms with van der Waals surface area (Å²) in [6.45, 7) is 2.86. The minimum absolute atomic E-state index is 0.0406. The van der Waals surface area contributed by atoms with E-state index in [1.165, 1.54) is 0 Å². The van der Waals surface area contributed by atoms with Crippen molar-refractivity contribution >= 4 is 40.5 Å². The molecule has 0 aliphatic carbocycles. The van der Waals surface area contributed by atoms with Gasteiger partial charge in [0.25, 0.3) is 0 Å². The Labute approximate surface area is 208 Å². The van der Waals surface area contributed by atoms with Gasteiger partial charge in [0.15, 0.2) is 0 Å². The lowest BCUT2D eigenvalue weighted by Gasteiger charge is -2.38. The molecule has 0 amide bonds.